The molecule has 0 saturated carbocycles. The van der Waals surface area contributed by atoms with Gasteiger partial charge in [-0.05, 0) is 24.1 Å². The van der Waals surface area contributed by atoms with Crippen LogP contribution in [-0.4, -0.2) is 18.4 Å². The van der Waals surface area contributed by atoms with Gasteiger partial charge < -0.3 is 10.1 Å². The number of hydrogen-bond donors (Lipinski definition) is 1. The Morgan fingerprint density at radius 1 is 1.53 bits per heavy atom. The summed E-state index contributed by atoms with van der Waals surface area (Å²) in [5.41, 5.74) is 1.69. The average Bonchev–Trinajstić information content (AvgIpc) is 2.36. The molecule has 1 atom stereocenters. The van der Waals surface area contributed by atoms with Gasteiger partial charge in [-0.1, -0.05) is 20.8 Å². The Labute approximate surface area is 102 Å². The number of carbonyl (C=O) groups is 1. The summed E-state index contributed by atoms with van der Waals surface area (Å²) >= 11 is 0. The lowest BCUT2D eigenvalue weighted by molar-refractivity contribution is 0.0988. The highest BCUT2D eigenvalue weighted by molar-refractivity contribution is 5.97. The first-order valence-electron chi connectivity index (χ1n) is 6.19. The molecule has 1 unspecified atom stereocenters. The van der Waals surface area contributed by atoms with Crippen LogP contribution in [0.5, 0.6) is 5.75 Å². The van der Waals surface area contributed by atoms with Crippen molar-refractivity contribution in [1.29, 1.82) is 0 Å². The van der Waals surface area contributed by atoms with Gasteiger partial charge in [0, 0.05) is 12.0 Å². The van der Waals surface area contributed by atoms with Gasteiger partial charge in [0.1, 0.15) is 11.9 Å². The summed E-state index contributed by atoms with van der Waals surface area (Å²) in [6.45, 7) is 6.97. The number of benzene rings is 1. The van der Waals surface area contributed by atoms with Crippen molar-refractivity contribution in [3.63, 3.8) is 0 Å². The van der Waals surface area contributed by atoms with Crippen LogP contribution in [0.15, 0.2) is 18.2 Å². The summed E-state index contributed by atoms with van der Waals surface area (Å²) in [4.78, 5) is 11.6. The van der Waals surface area contributed by atoms with E-state index in [-0.39, 0.29) is 11.9 Å². The number of fused-ring (bicyclic) bond motifs is 1. The summed E-state index contributed by atoms with van der Waals surface area (Å²) in [5, 5.41) is 3.34. The molecule has 0 aliphatic carbocycles. The Morgan fingerprint density at radius 3 is 2.94 bits per heavy atom. The number of carbonyl (C=O) groups excluding carboxylic acids is 1. The van der Waals surface area contributed by atoms with Gasteiger partial charge in [0.25, 0.3) is 0 Å². The van der Waals surface area contributed by atoms with Gasteiger partial charge >= 0.3 is 0 Å². The molecule has 1 N–H and O–H groups in total. The van der Waals surface area contributed by atoms with E-state index >= 15 is 0 Å². The second kappa shape index (κ2) is 4.78. The van der Waals surface area contributed by atoms with Crippen molar-refractivity contribution in [3.05, 3.63) is 23.8 Å². The lowest BCUT2D eigenvalue weighted by Crippen LogP contribution is -2.35. The van der Waals surface area contributed by atoms with Crippen molar-refractivity contribution in [2.75, 3.05) is 11.9 Å². The van der Waals surface area contributed by atoms with Gasteiger partial charge in [0.2, 0.25) is 0 Å². The predicted molar refractivity (Wildman–Crippen MR) is 68.8 cm³/mol. The number of nitrogens with one attached hydrogen (secondary N) is 1. The molecule has 0 fully saturated rings. The number of ketones is 1. The van der Waals surface area contributed by atoms with Crippen LogP contribution in [-0.2, 0) is 0 Å². The van der Waals surface area contributed by atoms with Crippen LogP contribution < -0.4 is 10.1 Å². The smallest absolute Gasteiger partial charge is 0.162 e. The molecule has 0 aromatic heterocycles. The predicted octanol–water partition coefficient (Wildman–Crippen LogP) is 3.11. The molecule has 1 aliphatic rings. The lowest BCUT2D eigenvalue weighted by atomic mass is 10.0. The Kier molecular flexibility index (Phi) is 3.36. The second-order valence-corrected chi connectivity index (χ2v) is 4.77. The van der Waals surface area contributed by atoms with Gasteiger partial charge in [0.05, 0.1) is 12.2 Å². The van der Waals surface area contributed by atoms with E-state index in [9.17, 15) is 4.79 Å². The van der Waals surface area contributed by atoms with Crippen LogP contribution in [0.2, 0.25) is 0 Å². The maximum absolute atomic E-state index is 11.6. The summed E-state index contributed by atoms with van der Waals surface area (Å²) < 4.78 is 5.89. The first kappa shape index (κ1) is 12.0. The van der Waals surface area contributed by atoms with Gasteiger partial charge in [-0.3, -0.25) is 4.79 Å². The maximum Gasteiger partial charge on any atom is 0.162 e. The average molecular weight is 233 g/mol. The van der Waals surface area contributed by atoms with Crippen LogP contribution in [0, 0.1) is 5.92 Å². The standard InChI is InChI=1S/C14H19NO2/c1-4-12(16)10-5-6-13-11(7-10)15-8-14(17-13)9(2)3/h5-7,9,14-15H,4,8H2,1-3H3. The number of hydrogen-bond acceptors (Lipinski definition) is 3. The highest BCUT2D eigenvalue weighted by Crippen LogP contribution is 2.31. The summed E-state index contributed by atoms with van der Waals surface area (Å²) in [5.74, 6) is 1.50. The fourth-order valence-electron chi connectivity index (χ4n) is 1.94. The van der Waals surface area contributed by atoms with Crippen molar-refractivity contribution in [2.24, 2.45) is 5.92 Å². The summed E-state index contributed by atoms with van der Waals surface area (Å²) in [6.07, 6.45) is 0.740. The van der Waals surface area contributed by atoms with Crippen molar-refractivity contribution >= 4 is 11.5 Å². The highest BCUT2D eigenvalue weighted by Gasteiger charge is 2.22. The zero-order valence-corrected chi connectivity index (χ0v) is 10.6. The first-order chi connectivity index (χ1) is 8.11. The molecular weight excluding hydrogens is 214 g/mol. The largest absolute Gasteiger partial charge is 0.486 e. The molecule has 3 nitrogen and oxygen atoms in total. The molecule has 92 valence electrons. The van der Waals surface area contributed by atoms with Gasteiger partial charge in [-0.25, -0.2) is 0 Å². The quantitative estimate of drug-likeness (QED) is 0.815. The molecule has 3 heteroatoms. The fraction of sp³-hybridized carbons (Fsp3) is 0.500. The highest BCUT2D eigenvalue weighted by atomic mass is 16.5. The number of anilines is 1. The van der Waals surface area contributed by atoms with E-state index in [1.807, 2.05) is 25.1 Å². The Hall–Kier alpha value is -1.51. The Balaban J connectivity index is 2.22. The molecule has 0 amide bonds. The van der Waals surface area contributed by atoms with E-state index in [1.54, 1.807) is 0 Å². The van der Waals surface area contributed by atoms with Gasteiger partial charge in [0.15, 0.2) is 5.78 Å². The minimum Gasteiger partial charge on any atom is -0.486 e. The van der Waals surface area contributed by atoms with E-state index in [4.69, 9.17) is 4.74 Å². The first-order valence-corrected chi connectivity index (χ1v) is 6.19. The van der Waals surface area contributed by atoms with Gasteiger partial charge in [-0.15, -0.1) is 0 Å². The third kappa shape index (κ3) is 2.43. The molecule has 1 aliphatic heterocycles. The molecule has 17 heavy (non-hydrogen) atoms. The van der Waals surface area contributed by atoms with E-state index in [2.05, 4.69) is 19.2 Å². The van der Waals surface area contributed by atoms with Crippen LogP contribution in [0.3, 0.4) is 0 Å². The molecule has 2 rings (SSSR count). The van der Waals surface area contributed by atoms with Crippen LogP contribution in [0.4, 0.5) is 5.69 Å². The van der Waals surface area contributed by atoms with Gasteiger partial charge in [-0.2, -0.15) is 0 Å². The monoisotopic (exact) mass is 233 g/mol. The van der Waals surface area contributed by atoms with Crippen molar-refractivity contribution in [3.8, 4) is 5.75 Å². The fourth-order valence-corrected chi connectivity index (χ4v) is 1.94. The normalized spacial score (nSPS) is 18.2. The molecule has 0 bridgehead atoms. The number of ether oxygens (including phenoxy) is 1. The third-order valence-electron chi connectivity index (χ3n) is 3.14. The SMILES string of the molecule is CCC(=O)c1ccc2c(c1)NCC(C(C)C)O2. The molecule has 1 aromatic carbocycles. The molecule has 0 radical (unpaired) electrons. The zero-order chi connectivity index (χ0) is 12.4. The zero-order valence-electron chi connectivity index (χ0n) is 10.6. The maximum atomic E-state index is 11.6. The minimum absolute atomic E-state index is 0.167. The molecule has 1 aromatic rings. The summed E-state index contributed by atoms with van der Waals surface area (Å²) in [6, 6.07) is 5.62. The Morgan fingerprint density at radius 2 is 2.29 bits per heavy atom. The van der Waals surface area contributed by atoms with E-state index in [0.29, 0.717) is 12.3 Å². The van der Waals surface area contributed by atoms with Crippen LogP contribution in [0.1, 0.15) is 37.6 Å². The molecule has 0 saturated heterocycles. The van der Waals surface area contributed by atoms with Crippen molar-refractivity contribution in [1.82, 2.24) is 0 Å². The van der Waals surface area contributed by atoms with E-state index in [1.165, 1.54) is 0 Å². The lowest BCUT2D eigenvalue weighted by Gasteiger charge is -2.30. The third-order valence-corrected chi connectivity index (χ3v) is 3.14. The molecule has 1 heterocycles. The number of Topliss-reactive ketones (excluding diaryl/α,β-unsaturated/α-hetero) is 1. The van der Waals surface area contributed by atoms with Crippen molar-refractivity contribution < 1.29 is 9.53 Å². The van der Waals surface area contributed by atoms with E-state index < -0.39 is 0 Å². The minimum atomic E-state index is 0.167. The molecule has 0 spiro atoms. The van der Waals surface area contributed by atoms with E-state index in [0.717, 1.165) is 23.5 Å². The second-order valence-electron chi connectivity index (χ2n) is 4.77. The number of rotatable bonds is 3. The van der Waals surface area contributed by atoms with Crippen LogP contribution in [0.25, 0.3) is 0 Å². The van der Waals surface area contributed by atoms with Crippen LogP contribution >= 0.6 is 0 Å². The summed E-state index contributed by atoms with van der Waals surface area (Å²) in [7, 11) is 0. The molecular formula is C14H19NO2. The topological polar surface area (TPSA) is 38.3 Å². The Bertz CT molecular complexity index is 426. The van der Waals surface area contributed by atoms with Crippen molar-refractivity contribution in [2.45, 2.75) is 33.3 Å².